The lowest BCUT2D eigenvalue weighted by Crippen LogP contribution is -2.09. The van der Waals surface area contributed by atoms with Crippen molar-refractivity contribution in [2.45, 2.75) is 0 Å². The average Bonchev–Trinajstić information content (AvgIpc) is 2.35. The molecule has 0 atom stereocenters. The van der Waals surface area contributed by atoms with Crippen molar-refractivity contribution in [2.75, 3.05) is 22.3 Å². The van der Waals surface area contributed by atoms with Crippen LogP contribution >= 0.6 is 45.2 Å². The van der Waals surface area contributed by atoms with Crippen molar-refractivity contribution in [1.82, 2.24) is 0 Å². The van der Waals surface area contributed by atoms with Crippen LogP contribution in [0.5, 0.6) is 0 Å². The van der Waals surface area contributed by atoms with Gasteiger partial charge in [-0.05, 0) is 81.6 Å². The molecule has 4 nitrogen and oxygen atoms in total. The third kappa shape index (κ3) is 3.31. The van der Waals surface area contributed by atoms with E-state index in [0.29, 0.717) is 0 Å². The van der Waals surface area contributed by atoms with Crippen molar-refractivity contribution in [2.24, 2.45) is 0 Å². The molecule has 0 saturated heterocycles. The number of nitrogens with one attached hydrogen (secondary N) is 2. The summed E-state index contributed by atoms with van der Waals surface area (Å²) in [6, 6.07) is 11.5. The Bertz CT molecular complexity index is 531. The van der Waals surface area contributed by atoms with E-state index in [2.05, 4.69) is 56.0 Å². The van der Waals surface area contributed by atoms with Gasteiger partial charge < -0.3 is 22.3 Å². The molecule has 2 aromatic carbocycles. The highest BCUT2D eigenvalue weighted by molar-refractivity contribution is 14.1. The van der Waals surface area contributed by atoms with E-state index in [1.54, 1.807) is 0 Å². The van der Waals surface area contributed by atoms with Crippen molar-refractivity contribution >= 4 is 67.9 Å². The third-order valence-corrected chi connectivity index (χ3v) is 4.13. The minimum Gasteiger partial charge on any atom is -0.399 e. The summed E-state index contributed by atoms with van der Waals surface area (Å²) in [6.07, 6.45) is 0. The summed E-state index contributed by atoms with van der Waals surface area (Å²) in [7, 11) is 0. The maximum atomic E-state index is 5.90. The predicted molar refractivity (Wildman–Crippen MR) is 94.4 cm³/mol. The SMILES string of the molecule is Nc1ccc(NNc2cc(I)c(N)c(I)c2)cc1. The van der Waals surface area contributed by atoms with Crippen LogP contribution in [0.15, 0.2) is 36.4 Å². The first-order valence-corrected chi connectivity index (χ1v) is 7.34. The maximum absolute atomic E-state index is 5.90. The van der Waals surface area contributed by atoms with Gasteiger partial charge in [-0.3, -0.25) is 0 Å². The van der Waals surface area contributed by atoms with Gasteiger partial charge in [-0.1, -0.05) is 0 Å². The first-order chi connectivity index (χ1) is 8.56. The maximum Gasteiger partial charge on any atom is 0.0586 e. The van der Waals surface area contributed by atoms with Gasteiger partial charge in [-0.2, -0.15) is 0 Å². The topological polar surface area (TPSA) is 76.1 Å². The monoisotopic (exact) mass is 466 g/mol. The zero-order valence-corrected chi connectivity index (χ0v) is 13.7. The van der Waals surface area contributed by atoms with E-state index in [1.165, 1.54) is 0 Å². The number of anilines is 4. The Morgan fingerprint density at radius 2 is 1.28 bits per heavy atom. The van der Waals surface area contributed by atoms with Gasteiger partial charge in [0.15, 0.2) is 0 Å². The standard InChI is InChI=1S/C12H12I2N4/c13-10-5-9(6-11(14)12(10)16)18-17-8-3-1-7(15)2-4-8/h1-6,17-18H,15-16H2. The number of halogens is 2. The second kappa shape index (κ2) is 5.83. The van der Waals surface area contributed by atoms with Crippen LogP contribution in [0.25, 0.3) is 0 Å². The summed E-state index contributed by atoms with van der Waals surface area (Å²) < 4.78 is 2.06. The van der Waals surface area contributed by atoms with Crippen molar-refractivity contribution in [1.29, 1.82) is 0 Å². The van der Waals surface area contributed by atoms with Crippen LogP contribution in [0.4, 0.5) is 22.7 Å². The second-order valence-electron chi connectivity index (χ2n) is 3.73. The van der Waals surface area contributed by atoms with E-state index < -0.39 is 0 Å². The van der Waals surface area contributed by atoms with Gasteiger partial charge in [-0.15, -0.1) is 0 Å². The summed E-state index contributed by atoms with van der Waals surface area (Å²) in [5.74, 6) is 0. The highest BCUT2D eigenvalue weighted by atomic mass is 127. The van der Waals surface area contributed by atoms with Gasteiger partial charge in [0, 0.05) is 12.8 Å². The fourth-order valence-corrected chi connectivity index (χ4v) is 3.14. The van der Waals surface area contributed by atoms with Gasteiger partial charge >= 0.3 is 0 Å². The molecule has 0 unspecified atom stereocenters. The Hall–Kier alpha value is -0.900. The fourth-order valence-electron chi connectivity index (χ4n) is 1.37. The second-order valence-corrected chi connectivity index (χ2v) is 6.05. The molecule has 6 heteroatoms. The van der Waals surface area contributed by atoms with Crippen LogP contribution in [0.2, 0.25) is 0 Å². The number of hydrogen-bond acceptors (Lipinski definition) is 4. The van der Waals surface area contributed by atoms with Crippen LogP contribution in [0.1, 0.15) is 0 Å². The molecular weight excluding hydrogens is 454 g/mol. The fraction of sp³-hybridized carbons (Fsp3) is 0. The molecule has 0 aliphatic carbocycles. The van der Waals surface area contributed by atoms with Crippen LogP contribution < -0.4 is 22.3 Å². The number of nitrogens with two attached hydrogens (primary N) is 2. The molecule has 0 fully saturated rings. The number of nitrogen functional groups attached to an aromatic ring is 2. The minimum atomic E-state index is 0.747. The van der Waals surface area contributed by atoms with Gasteiger partial charge in [0.25, 0.3) is 0 Å². The zero-order chi connectivity index (χ0) is 13.1. The lowest BCUT2D eigenvalue weighted by molar-refractivity contribution is 1.40. The molecule has 0 bridgehead atoms. The van der Waals surface area contributed by atoms with Crippen LogP contribution in [0.3, 0.4) is 0 Å². The summed E-state index contributed by atoms with van der Waals surface area (Å²) in [5, 5.41) is 0. The molecule has 0 radical (unpaired) electrons. The van der Waals surface area contributed by atoms with Crippen molar-refractivity contribution in [3.8, 4) is 0 Å². The molecule has 0 amide bonds. The molecule has 0 spiro atoms. The van der Waals surface area contributed by atoms with Gasteiger partial charge in [-0.25, -0.2) is 0 Å². The van der Waals surface area contributed by atoms with Gasteiger partial charge in [0.05, 0.1) is 17.1 Å². The molecular formula is C12H12I2N4. The highest BCUT2D eigenvalue weighted by Gasteiger charge is 2.03. The molecule has 2 rings (SSSR count). The molecule has 6 N–H and O–H groups in total. The Morgan fingerprint density at radius 3 is 1.83 bits per heavy atom. The molecule has 94 valence electrons. The summed E-state index contributed by atoms with van der Waals surface area (Å²) in [5.41, 5.74) is 21.2. The lowest BCUT2D eigenvalue weighted by Gasteiger charge is -2.12. The quantitative estimate of drug-likeness (QED) is 0.318. The summed E-state index contributed by atoms with van der Waals surface area (Å²) >= 11 is 4.44. The van der Waals surface area contributed by atoms with E-state index in [9.17, 15) is 0 Å². The van der Waals surface area contributed by atoms with E-state index in [1.807, 2.05) is 36.4 Å². The Balaban J connectivity index is 2.08. The van der Waals surface area contributed by atoms with Crippen LogP contribution in [0, 0.1) is 7.14 Å². The van der Waals surface area contributed by atoms with Crippen molar-refractivity contribution in [3.63, 3.8) is 0 Å². The molecule has 0 aromatic heterocycles. The van der Waals surface area contributed by atoms with Gasteiger partial charge in [0.2, 0.25) is 0 Å². The first kappa shape index (κ1) is 13.5. The Kier molecular flexibility index (Phi) is 4.38. The first-order valence-electron chi connectivity index (χ1n) is 5.18. The van der Waals surface area contributed by atoms with Crippen molar-refractivity contribution in [3.05, 3.63) is 43.5 Å². The van der Waals surface area contributed by atoms with E-state index >= 15 is 0 Å². The molecule has 2 aromatic rings. The molecule has 0 aliphatic rings. The molecule has 0 heterocycles. The van der Waals surface area contributed by atoms with E-state index in [-0.39, 0.29) is 0 Å². The summed E-state index contributed by atoms with van der Waals surface area (Å²) in [4.78, 5) is 0. The summed E-state index contributed by atoms with van der Waals surface area (Å²) in [6.45, 7) is 0. The van der Waals surface area contributed by atoms with Crippen LogP contribution in [-0.2, 0) is 0 Å². The Morgan fingerprint density at radius 1 is 0.778 bits per heavy atom. The van der Waals surface area contributed by atoms with Crippen molar-refractivity contribution < 1.29 is 0 Å². The minimum absolute atomic E-state index is 0.747. The smallest absolute Gasteiger partial charge is 0.0586 e. The number of benzene rings is 2. The Labute approximate surface area is 133 Å². The average molecular weight is 466 g/mol. The van der Waals surface area contributed by atoms with Gasteiger partial charge in [0.1, 0.15) is 0 Å². The van der Waals surface area contributed by atoms with E-state index in [0.717, 1.165) is 29.9 Å². The number of hydrazine groups is 1. The molecule has 0 aliphatic heterocycles. The van der Waals surface area contributed by atoms with E-state index in [4.69, 9.17) is 11.5 Å². The zero-order valence-electron chi connectivity index (χ0n) is 9.37. The van der Waals surface area contributed by atoms with Crippen LogP contribution in [-0.4, -0.2) is 0 Å². The largest absolute Gasteiger partial charge is 0.399 e. The third-order valence-electron chi connectivity index (χ3n) is 2.34. The number of hydrogen-bond donors (Lipinski definition) is 4. The molecule has 0 saturated carbocycles. The lowest BCUT2D eigenvalue weighted by atomic mass is 10.3. The number of rotatable bonds is 3. The molecule has 18 heavy (non-hydrogen) atoms. The predicted octanol–water partition coefficient (Wildman–Crippen LogP) is 3.50. The highest BCUT2D eigenvalue weighted by Crippen LogP contribution is 2.26. The normalized spacial score (nSPS) is 10.1.